The largest absolute Gasteiger partial charge is 0.484 e. The lowest BCUT2D eigenvalue weighted by atomic mass is 10.1. The van der Waals surface area contributed by atoms with Crippen molar-refractivity contribution in [1.82, 2.24) is 4.90 Å². The lowest BCUT2D eigenvalue weighted by Crippen LogP contribution is -2.36. The van der Waals surface area contributed by atoms with Gasteiger partial charge in [0.1, 0.15) is 5.75 Å². The van der Waals surface area contributed by atoms with Crippen molar-refractivity contribution >= 4 is 5.91 Å². The smallest absolute Gasteiger partial charge is 0.422 e. The topological polar surface area (TPSA) is 29.5 Å². The van der Waals surface area contributed by atoms with Crippen molar-refractivity contribution in [1.29, 1.82) is 0 Å². The molecule has 1 aromatic carbocycles. The Balaban J connectivity index is 1.96. The average molecular weight is 329 g/mol. The molecule has 128 valence electrons. The standard InChI is InChI=1S/C17H22F3NO2/c1-21(14-6-4-2-3-5-7-14)16(22)13-8-10-15(11-9-13)23-12-17(18,19)20/h8-11,14H,2-7,12H2,1H3. The van der Waals surface area contributed by atoms with Crippen LogP contribution < -0.4 is 4.74 Å². The maximum absolute atomic E-state index is 12.5. The monoisotopic (exact) mass is 329 g/mol. The van der Waals surface area contributed by atoms with Gasteiger partial charge in [-0.05, 0) is 37.1 Å². The van der Waals surface area contributed by atoms with Gasteiger partial charge in [-0.3, -0.25) is 4.79 Å². The number of carbonyl (C=O) groups is 1. The molecular weight excluding hydrogens is 307 g/mol. The van der Waals surface area contributed by atoms with E-state index in [0.29, 0.717) is 5.56 Å². The molecule has 0 bridgehead atoms. The Hall–Kier alpha value is -1.72. The summed E-state index contributed by atoms with van der Waals surface area (Å²) in [6, 6.07) is 6.08. The Morgan fingerprint density at radius 3 is 2.22 bits per heavy atom. The lowest BCUT2D eigenvalue weighted by Gasteiger charge is -2.27. The third-order valence-corrected chi connectivity index (χ3v) is 4.20. The fourth-order valence-electron chi connectivity index (χ4n) is 2.87. The molecule has 0 N–H and O–H groups in total. The number of ether oxygens (including phenoxy) is 1. The van der Waals surface area contributed by atoms with Crippen LogP contribution in [0.25, 0.3) is 0 Å². The predicted octanol–water partition coefficient (Wildman–Crippen LogP) is 4.42. The fraction of sp³-hybridized carbons (Fsp3) is 0.588. The number of hydrogen-bond acceptors (Lipinski definition) is 2. The van der Waals surface area contributed by atoms with Gasteiger partial charge in [-0.25, -0.2) is 0 Å². The van der Waals surface area contributed by atoms with Crippen LogP contribution in [0.2, 0.25) is 0 Å². The van der Waals surface area contributed by atoms with Crippen LogP contribution in [0.5, 0.6) is 5.75 Å². The van der Waals surface area contributed by atoms with Gasteiger partial charge in [-0.15, -0.1) is 0 Å². The van der Waals surface area contributed by atoms with Crippen molar-refractivity contribution < 1.29 is 22.7 Å². The van der Waals surface area contributed by atoms with Crippen LogP contribution >= 0.6 is 0 Å². The molecule has 6 heteroatoms. The van der Waals surface area contributed by atoms with E-state index in [-0.39, 0.29) is 17.7 Å². The molecule has 1 aliphatic rings. The van der Waals surface area contributed by atoms with Gasteiger partial charge in [0.05, 0.1) is 0 Å². The Labute approximate surface area is 134 Å². The number of carbonyl (C=O) groups excluding carboxylic acids is 1. The van der Waals surface area contributed by atoms with Crippen LogP contribution in [-0.2, 0) is 0 Å². The number of amides is 1. The van der Waals surface area contributed by atoms with E-state index in [4.69, 9.17) is 0 Å². The Kier molecular flexibility index (Phi) is 5.91. The minimum atomic E-state index is -4.37. The van der Waals surface area contributed by atoms with Crippen molar-refractivity contribution in [3.8, 4) is 5.75 Å². The first-order valence-corrected chi connectivity index (χ1v) is 7.93. The zero-order valence-electron chi connectivity index (χ0n) is 13.2. The van der Waals surface area contributed by atoms with Crippen LogP contribution in [0.3, 0.4) is 0 Å². The molecule has 3 nitrogen and oxygen atoms in total. The van der Waals surface area contributed by atoms with E-state index in [1.54, 1.807) is 11.9 Å². The van der Waals surface area contributed by atoms with Crippen molar-refractivity contribution in [2.75, 3.05) is 13.7 Å². The highest BCUT2D eigenvalue weighted by Gasteiger charge is 2.28. The summed E-state index contributed by atoms with van der Waals surface area (Å²) in [5, 5.41) is 0. The first kappa shape index (κ1) is 17.6. The summed E-state index contributed by atoms with van der Waals surface area (Å²) in [6.45, 7) is -1.33. The Bertz CT molecular complexity index is 506. The SMILES string of the molecule is CN(C(=O)c1ccc(OCC(F)(F)F)cc1)C1CCCCCC1. The van der Waals surface area contributed by atoms with Gasteiger partial charge in [-0.2, -0.15) is 13.2 Å². The maximum Gasteiger partial charge on any atom is 0.422 e. The molecule has 0 radical (unpaired) electrons. The van der Waals surface area contributed by atoms with Crippen molar-refractivity contribution in [3.05, 3.63) is 29.8 Å². The molecule has 0 unspecified atom stereocenters. The summed E-state index contributed by atoms with van der Waals surface area (Å²) in [6.07, 6.45) is 2.34. The van der Waals surface area contributed by atoms with Crippen molar-refractivity contribution in [2.24, 2.45) is 0 Å². The van der Waals surface area contributed by atoms with Crippen LogP contribution in [0.1, 0.15) is 48.9 Å². The highest BCUT2D eigenvalue weighted by Crippen LogP contribution is 2.23. The van der Waals surface area contributed by atoms with Gasteiger partial charge in [0.2, 0.25) is 0 Å². The van der Waals surface area contributed by atoms with E-state index in [1.165, 1.54) is 37.1 Å². The molecule has 23 heavy (non-hydrogen) atoms. The third kappa shape index (κ3) is 5.44. The predicted molar refractivity (Wildman–Crippen MR) is 81.6 cm³/mol. The molecule has 0 aromatic heterocycles. The molecule has 2 rings (SSSR count). The molecule has 1 amide bonds. The van der Waals surface area contributed by atoms with Crippen molar-refractivity contribution in [3.63, 3.8) is 0 Å². The summed E-state index contributed by atoms with van der Waals surface area (Å²) in [4.78, 5) is 14.3. The second kappa shape index (κ2) is 7.70. The Morgan fingerprint density at radius 1 is 1.13 bits per heavy atom. The molecule has 0 saturated heterocycles. The summed E-state index contributed by atoms with van der Waals surface area (Å²) in [7, 11) is 1.80. The normalized spacial score (nSPS) is 16.7. The van der Waals surface area contributed by atoms with Crippen LogP contribution in [-0.4, -0.2) is 36.7 Å². The van der Waals surface area contributed by atoms with E-state index in [9.17, 15) is 18.0 Å². The van der Waals surface area contributed by atoms with E-state index in [2.05, 4.69) is 4.74 Å². The summed E-state index contributed by atoms with van der Waals surface area (Å²) < 4.78 is 41.0. The molecule has 0 heterocycles. The molecule has 1 aromatic rings. The second-order valence-electron chi connectivity index (χ2n) is 5.99. The zero-order valence-corrected chi connectivity index (χ0v) is 13.2. The second-order valence-corrected chi connectivity index (χ2v) is 5.99. The van der Waals surface area contributed by atoms with Crippen molar-refractivity contribution in [2.45, 2.75) is 50.7 Å². The van der Waals surface area contributed by atoms with E-state index in [0.717, 1.165) is 25.7 Å². The molecule has 0 aliphatic heterocycles. The first-order chi connectivity index (χ1) is 10.9. The quantitative estimate of drug-likeness (QED) is 0.765. The van der Waals surface area contributed by atoms with E-state index >= 15 is 0 Å². The van der Waals surface area contributed by atoms with Gasteiger partial charge >= 0.3 is 6.18 Å². The number of halogens is 3. The molecule has 1 aliphatic carbocycles. The number of hydrogen-bond donors (Lipinski definition) is 0. The van der Waals surface area contributed by atoms with Crippen LogP contribution in [0.4, 0.5) is 13.2 Å². The number of nitrogens with zero attached hydrogens (tertiary/aromatic N) is 1. The summed E-state index contributed by atoms with van der Waals surface area (Å²) in [5.41, 5.74) is 0.469. The van der Waals surface area contributed by atoms with E-state index in [1.807, 2.05) is 0 Å². The summed E-state index contributed by atoms with van der Waals surface area (Å²) >= 11 is 0. The minimum absolute atomic E-state index is 0.0979. The number of benzene rings is 1. The highest BCUT2D eigenvalue weighted by atomic mass is 19.4. The van der Waals surface area contributed by atoms with Gasteiger partial charge in [0, 0.05) is 18.7 Å². The number of alkyl halides is 3. The van der Waals surface area contributed by atoms with E-state index < -0.39 is 12.8 Å². The van der Waals surface area contributed by atoms with Crippen LogP contribution in [0, 0.1) is 0 Å². The highest BCUT2D eigenvalue weighted by molar-refractivity contribution is 5.94. The molecule has 1 saturated carbocycles. The maximum atomic E-state index is 12.5. The van der Waals surface area contributed by atoms with Gasteiger partial charge in [0.25, 0.3) is 5.91 Å². The third-order valence-electron chi connectivity index (χ3n) is 4.20. The molecular formula is C17H22F3NO2. The first-order valence-electron chi connectivity index (χ1n) is 7.93. The fourth-order valence-corrected chi connectivity index (χ4v) is 2.87. The average Bonchev–Trinajstić information content (AvgIpc) is 2.80. The minimum Gasteiger partial charge on any atom is -0.484 e. The Morgan fingerprint density at radius 2 is 1.70 bits per heavy atom. The van der Waals surface area contributed by atoms with Crippen LogP contribution in [0.15, 0.2) is 24.3 Å². The molecule has 0 atom stereocenters. The van der Waals surface area contributed by atoms with Gasteiger partial charge in [0.15, 0.2) is 6.61 Å². The summed E-state index contributed by atoms with van der Waals surface area (Å²) in [5.74, 6) is 0.00951. The van der Waals surface area contributed by atoms with Gasteiger partial charge in [-0.1, -0.05) is 25.7 Å². The lowest BCUT2D eigenvalue weighted by molar-refractivity contribution is -0.153. The molecule has 0 spiro atoms. The molecule has 1 fully saturated rings. The van der Waals surface area contributed by atoms with Gasteiger partial charge < -0.3 is 9.64 Å². The number of rotatable bonds is 4. The zero-order chi connectivity index (χ0) is 16.9.